The third-order valence-corrected chi connectivity index (χ3v) is 4.57. The first-order chi connectivity index (χ1) is 12.6. The summed E-state index contributed by atoms with van der Waals surface area (Å²) in [7, 11) is 0. The van der Waals surface area contributed by atoms with E-state index in [2.05, 4.69) is 15.5 Å². The number of para-hydroxylation sites is 1. The first kappa shape index (κ1) is 18.1. The second kappa shape index (κ2) is 8.11. The SMILES string of the molecule is CCC(CC)=NNC(=O)c1cc(-c2ccccc2Cl)nc2ccccc12. The van der Waals surface area contributed by atoms with Crippen molar-refractivity contribution in [3.8, 4) is 11.3 Å². The number of aromatic nitrogens is 1. The number of halogens is 1. The second-order valence-electron chi connectivity index (χ2n) is 5.88. The molecule has 5 heteroatoms. The van der Waals surface area contributed by atoms with Gasteiger partial charge in [-0.3, -0.25) is 4.79 Å². The molecule has 1 heterocycles. The van der Waals surface area contributed by atoms with E-state index in [-0.39, 0.29) is 5.91 Å². The molecule has 1 amide bonds. The molecule has 2 aromatic carbocycles. The number of hydrogen-bond acceptors (Lipinski definition) is 3. The number of carbonyl (C=O) groups is 1. The molecule has 0 aliphatic carbocycles. The quantitative estimate of drug-likeness (QED) is 0.482. The number of nitrogens with zero attached hydrogens (tertiary/aromatic N) is 2. The molecular formula is C21H20ClN3O. The monoisotopic (exact) mass is 365 g/mol. The fourth-order valence-corrected chi connectivity index (χ4v) is 3.00. The smallest absolute Gasteiger partial charge is 0.267 e. The van der Waals surface area contributed by atoms with Crippen molar-refractivity contribution in [1.29, 1.82) is 0 Å². The van der Waals surface area contributed by atoms with Crippen LogP contribution in [0.5, 0.6) is 0 Å². The van der Waals surface area contributed by atoms with Gasteiger partial charge in [0.2, 0.25) is 0 Å². The molecule has 4 nitrogen and oxygen atoms in total. The number of fused-ring (bicyclic) bond motifs is 1. The number of pyridine rings is 1. The van der Waals surface area contributed by atoms with Crippen LogP contribution in [0.15, 0.2) is 59.7 Å². The lowest BCUT2D eigenvalue weighted by Gasteiger charge is -2.10. The number of hydrazone groups is 1. The molecule has 1 aromatic heterocycles. The van der Waals surface area contributed by atoms with Crippen LogP contribution in [0.1, 0.15) is 37.0 Å². The molecule has 0 unspecified atom stereocenters. The van der Waals surface area contributed by atoms with Gasteiger partial charge in [-0.15, -0.1) is 0 Å². The minimum atomic E-state index is -0.253. The Hall–Kier alpha value is -2.72. The summed E-state index contributed by atoms with van der Waals surface area (Å²) in [6.45, 7) is 4.04. The molecule has 3 rings (SSSR count). The van der Waals surface area contributed by atoms with Gasteiger partial charge in [0, 0.05) is 21.7 Å². The van der Waals surface area contributed by atoms with Crippen molar-refractivity contribution in [1.82, 2.24) is 10.4 Å². The molecule has 0 saturated heterocycles. The first-order valence-electron chi connectivity index (χ1n) is 8.64. The molecule has 3 aromatic rings. The lowest BCUT2D eigenvalue weighted by molar-refractivity contribution is 0.0956. The van der Waals surface area contributed by atoms with Crippen molar-refractivity contribution in [3.63, 3.8) is 0 Å². The van der Waals surface area contributed by atoms with Gasteiger partial charge in [0.25, 0.3) is 5.91 Å². The van der Waals surface area contributed by atoms with E-state index in [1.165, 1.54) is 0 Å². The zero-order valence-electron chi connectivity index (χ0n) is 14.8. The highest BCUT2D eigenvalue weighted by Crippen LogP contribution is 2.29. The molecule has 0 saturated carbocycles. The summed E-state index contributed by atoms with van der Waals surface area (Å²) in [5.41, 5.74) is 6.34. The topological polar surface area (TPSA) is 54.4 Å². The summed E-state index contributed by atoms with van der Waals surface area (Å²) in [6.07, 6.45) is 1.61. The third-order valence-electron chi connectivity index (χ3n) is 4.24. The minimum Gasteiger partial charge on any atom is -0.267 e. The van der Waals surface area contributed by atoms with Crippen LogP contribution in [-0.2, 0) is 0 Å². The van der Waals surface area contributed by atoms with Crippen LogP contribution in [0.2, 0.25) is 5.02 Å². The van der Waals surface area contributed by atoms with E-state index in [1.807, 2.05) is 62.4 Å². The Labute approximate surface area is 157 Å². The van der Waals surface area contributed by atoms with Gasteiger partial charge >= 0.3 is 0 Å². The normalized spacial score (nSPS) is 10.6. The molecule has 132 valence electrons. The zero-order valence-corrected chi connectivity index (χ0v) is 15.5. The Morgan fingerprint density at radius 2 is 1.77 bits per heavy atom. The highest BCUT2D eigenvalue weighted by Gasteiger charge is 2.15. The van der Waals surface area contributed by atoms with Crippen molar-refractivity contribution in [2.75, 3.05) is 0 Å². The highest BCUT2D eigenvalue weighted by molar-refractivity contribution is 6.33. The number of hydrogen-bond donors (Lipinski definition) is 1. The van der Waals surface area contributed by atoms with Crippen molar-refractivity contribution in [3.05, 3.63) is 65.2 Å². The number of carbonyl (C=O) groups excluding carboxylic acids is 1. The van der Waals surface area contributed by atoms with Gasteiger partial charge in [0.15, 0.2) is 0 Å². The number of benzene rings is 2. The molecule has 0 bridgehead atoms. The number of nitrogens with one attached hydrogen (secondary N) is 1. The van der Waals surface area contributed by atoms with Gasteiger partial charge in [0.05, 0.1) is 16.8 Å². The van der Waals surface area contributed by atoms with Crippen LogP contribution in [0.4, 0.5) is 0 Å². The Bertz CT molecular complexity index is 976. The highest BCUT2D eigenvalue weighted by atomic mass is 35.5. The number of rotatable bonds is 5. The van der Waals surface area contributed by atoms with Crippen molar-refractivity contribution in [2.45, 2.75) is 26.7 Å². The molecule has 0 atom stereocenters. The summed E-state index contributed by atoms with van der Waals surface area (Å²) in [5.74, 6) is -0.253. The molecule has 0 fully saturated rings. The average Bonchev–Trinajstić information content (AvgIpc) is 2.68. The maximum Gasteiger partial charge on any atom is 0.272 e. The van der Waals surface area contributed by atoms with Crippen LogP contribution in [0.25, 0.3) is 22.2 Å². The number of amides is 1. The first-order valence-corrected chi connectivity index (χ1v) is 9.02. The van der Waals surface area contributed by atoms with Crippen LogP contribution >= 0.6 is 11.6 Å². The van der Waals surface area contributed by atoms with Gasteiger partial charge < -0.3 is 0 Å². The summed E-state index contributed by atoms with van der Waals surface area (Å²) in [4.78, 5) is 17.5. The molecule has 0 spiro atoms. The molecule has 0 aliphatic heterocycles. The van der Waals surface area contributed by atoms with Crippen LogP contribution in [0, 0.1) is 0 Å². The van der Waals surface area contributed by atoms with Crippen LogP contribution < -0.4 is 5.43 Å². The summed E-state index contributed by atoms with van der Waals surface area (Å²) < 4.78 is 0. The molecular weight excluding hydrogens is 346 g/mol. The zero-order chi connectivity index (χ0) is 18.5. The predicted molar refractivity (Wildman–Crippen MR) is 108 cm³/mol. The van der Waals surface area contributed by atoms with E-state index in [4.69, 9.17) is 11.6 Å². The van der Waals surface area contributed by atoms with Gasteiger partial charge in [-0.1, -0.05) is 61.8 Å². The van der Waals surface area contributed by atoms with Crippen LogP contribution in [0.3, 0.4) is 0 Å². The van der Waals surface area contributed by atoms with E-state index in [9.17, 15) is 4.79 Å². The minimum absolute atomic E-state index is 0.253. The molecule has 0 radical (unpaired) electrons. The lowest BCUT2D eigenvalue weighted by Crippen LogP contribution is -2.20. The van der Waals surface area contributed by atoms with Gasteiger partial charge in [-0.05, 0) is 31.0 Å². The fraction of sp³-hybridized carbons (Fsp3) is 0.190. The van der Waals surface area contributed by atoms with Crippen molar-refractivity contribution >= 4 is 34.1 Å². The van der Waals surface area contributed by atoms with E-state index in [1.54, 1.807) is 6.07 Å². The van der Waals surface area contributed by atoms with E-state index < -0.39 is 0 Å². The predicted octanol–water partition coefficient (Wildman–Crippen LogP) is 5.46. The Morgan fingerprint density at radius 1 is 1.08 bits per heavy atom. The fourth-order valence-electron chi connectivity index (χ4n) is 2.77. The second-order valence-corrected chi connectivity index (χ2v) is 6.29. The third kappa shape index (κ3) is 3.75. The molecule has 26 heavy (non-hydrogen) atoms. The van der Waals surface area contributed by atoms with E-state index >= 15 is 0 Å². The average molecular weight is 366 g/mol. The van der Waals surface area contributed by atoms with E-state index in [0.717, 1.165) is 35.0 Å². The van der Waals surface area contributed by atoms with Crippen molar-refractivity contribution < 1.29 is 4.79 Å². The maximum atomic E-state index is 12.8. The van der Waals surface area contributed by atoms with Crippen LogP contribution in [-0.4, -0.2) is 16.6 Å². The lowest BCUT2D eigenvalue weighted by atomic mass is 10.0. The Kier molecular flexibility index (Phi) is 5.64. The van der Waals surface area contributed by atoms with Crippen molar-refractivity contribution in [2.24, 2.45) is 5.10 Å². The maximum absolute atomic E-state index is 12.8. The molecule has 1 N–H and O–H groups in total. The van der Waals surface area contributed by atoms with Gasteiger partial charge in [0.1, 0.15) is 0 Å². The molecule has 0 aliphatic rings. The summed E-state index contributed by atoms with van der Waals surface area (Å²) in [5, 5.41) is 5.61. The Morgan fingerprint density at radius 3 is 2.50 bits per heavy atom. The Balaban J connectivity index is 2.10. The van der Waals surface area contributed by atoms with E-state index in [0.29, 0.717) is 16.3 Å². The standard InChI is InChI=1S/C21H20ClN3O/c1-3-14(4-2)24-25-21(26)17-13-20(16-10-5-7-11-18(16)22)23-19-12-8-6-9-15(17)19/h5-13H,3-4H2,1-2H3,(H,25,26). The summed E-state index contributed by atoms with van der Waals surface area (Å²) in [6, 6.07) is 16.8. The van der Waals surface area contributed by atoms with Gasteiger partial charge in [-0.25, -0.2) is 10.4 Å². The summed E-state index contributed by atoms with van der Waals surface area (Å²) >= 11 is 6.32. The van der Waals surface area contributed by atoms with Gasteiger partial charge in [-0.2, -0.15) is 5.10 Å². The largest absolute Gasteiger partial charge is 0.272 e.